The van der Waals surface area contributed by atoms with E-state index in [1.807, 2.05) is 12.1 Å². The van der Waals surface area contributed by atoms with Crippen LogP contribution in [-0.4, -0.2) is 30.7 Å². The van der Waals surface area contributed by atoms with Crippen LogP contribution in [0.3, 0.4) is 0 Å². The summed E-state index contributed by atoms with van der Waals surface area (Å²) >= 11 is 0. The molecular weight excluding hydrogens is 212 g/mol. The largest absolute Gasteiger partial charge is 0.366 e. The molecule has 4 heteroatoms. The van der Waals surface area contributed by atoms with Crippen LogP contribution in [0.1, 0.15) is 12.6 Å². The van der Waals surface area contributed by atoms with Crippen molar-refractivity contribution < 1.29 is 0 Å². The van der Waals surface area contributed by atoms with Crippen molar-refractivity contribution in [2.45, 2.75) is 13.0 Å². The number of nitrogens with zero attached hydrogens (tertiary/aromatic N) is 3. The van der Waals surface area contributed by atoms with Gasteiger partial charge in [-0.15, -0.1) is 0 Å². The van der Waals surface area contributed by atoms with Crippen LogP contribution in [0, 0.1) is 23.2 Å². The maximum absolute atomic E-state index is 9.12. The zero-order chi connectivity index (χ0) is 11.8. The molecule has 1 aromatic rings. The number of hydrogen-bond donors (Lipinski definition) is 1. The average Bonchev–Trinajstić information content (AvgIpc) is 2.93. The maximum Gasteiger partial charge on any atom is 0.163 e. The zero-order valence-electron chi connectivity index (χ0n) is 9.93. The predicted molar refractivity (Wildman–Crippen MR) is 65.6 cm³/mol. The molecule has 0 radical (unpaired) electrons. The van der Waals surface area contributed by atoms with Crippen LogP contribution in [0.4, 0.5) is 5.69 Å². The summed E-state index contributed by atoms with van der Waals surface area (Å²) in [5, 5.41) is 12.6. The Bertz CT molecular complexity index is 465. The van der Waals surface area contributed by atoms with Crippen LogP contribution in [0.5, 0.6) is 0 Å². The first-order valence-corrected chi connectivity index (χ1v) is 6.13. The molecule has 17 heavy (non-hydrogen) atoms. The molecule has 2 fully saturated rings. The Hall–Kier alpha value is -1.60. The van der Waals surface area contributed by atoms with Gasteiger partial charge in [-0.2, -0.15) is 5.26 Å². The Kier molecular flexibility index (Phi) is 2.49. The van der Waals surface area contributed by atoms with Crippen molar-refractivity contribution in [2.24, 2.45) is 11.8 Å². The molecule has 0 saturated carbocycles. The maximum atomic E-state index is 9.12. The van der Waals surface area contributed by atoms with Crippen molar-refractivity contribution in [3.05, 3.63) is 24.0 Å². The first kappa shape index (κ1) is 10.5. The average molecular weight is 228 g/mol. The van der Waals surface area contributed by atoms with Crippen LogP contribution in [0.2, 0.25) is 0 Å². The molecule has 0 bridgehead atoms. The quantitative estimate of drug-likeness (QED) is 0.779. The van der Waals surface area contributed by atoms with Crippen LogP contribution >= 0.6 is 0 Å². The first-order valence-electron chi connectivity index (χ1n) is 6.13. The van der Waals surface area contributed by atoms with E-state index < -0.39 is 0 Å². The minimum atomic E-state index is 0.492. The number of hydrogen-bond acceptors (Lipinski definition) is 4. The first-order chi connectivity index (χ1) is 8.31. The van der Waals surface area contributed by atoms with Gasteiger partial charge in [0.15, 0.2) is 5.69 Å². The molecule has 2 aliphatic heterocycles. The minimum Gasteiger partial charge on any atom is -0.366 e. The summed E-state index contributed by atoms with van der Waals surface area (Å²) in [7, 11) is 0. The SMILES string of the molecule is CC1C2CNCC2CN1c1cccnc1C#N. The molecular formula is C13H16N4. The molecule has 88 valence electrons. The van der Waals surface area contributed by atoms with E-state index in [0.717, 1.165) is 31.2 Å². The Morgan fingerprint density at radius 2 is 2.41 bits per heavy atom. The smallest absolute Gasteiger partial charge is 0.163 e. The van der Waals surface area contributed by atoms with Gasteiger partial charge in [0.2, 0.25) is 0 Å². The summed E-state index contributed by atoms with van der Waals surface area (Å²) in [6, 6.07) is 6.60. The topological polar surface area (TPSA) is 52.0 Å². The van der Waals surface area contributed by atoms with Gasteiger partial charge in [0.25, 0.3) is 0 Å². The van der Waals surface area contributed by atoms with Crippen LogP contribution < -0.4 is 10.2 Å². The van der Waals surface area contributed by atoms with E-state index in [4.69, 9.17) is 5.26 Å². The fourth-order valence-electron chi connectivity index (χ4n) is 3.20. The fraction of sp³-hybridized carbons (Fsp3) is 0.538. The number of nitrogens with one attached hydrogen (secondary N) is 1. The van der Waals surface area contributed by atoms with Crippen LogP contribution in [0.15, 0.2) is 18.3 Å². The van der Waals surface area contributed by atoms with Crippen LogP contribution in [-0.2, 0) is 0 Å². The number of rotatable bonds is 1. The highest BCUT2D eigenvalue weighted by molar-refractivity contribution is 5.57. The highest BCUT2D eigenvalue weighted by Gasteiger charge is 2.42. The molecule has 1 N–H and O–H groups in total. The molecule has 1 aromatic heterocycles. The lowest BCUT2D eigenvalue weighted by Crippen LogP contribution is -2.33. The van der Waals surface area contributed by atoms with E-state index in [1.165, 1.54) is 0 Å². The summed E-state index contributed by atoms with van der Waals surface area (Å²) in [5.41, 5.74) is 1.55. The van der Waals surface area contributed by atoms with E-state index >= 15 is 0 Å². The molecule has 2 saturated heterocycles. The summed E-state index contributed by atoms with van der Waals surface area (Å²) in [6.07, 6.45) is 1.69. The van der Waals surface area contributed by atoms with Crippen molar-refractivity contribution in [1.82, 2.24) is 10.3 Å². The Balaban J connectivity index is 1.93. The van der Waals surface area contributed by atoms with Crippen molar-refractivity contribution >= 4 is 5.69 Å². The van der Waals surface area contributed by atoms with Gasteiger partial charge in [-0.05, 0) is 30.9 Å². The minimum absolute atomic E-state index is 0.492. The van der Waals surface area contributed by atoms with Gasteiger partial charge >= 0.3 is 0 Å². The van der Waals surface area contributed by atoms with E-state index in [0.29, 0.717) is 17.7 Å². The predicted octanol–water partition coefficient (Wildman–Crippen LogP) is 0.997. The van der Waals surface area contributed by atoms with Crippen LogP contribution in [0.25, 0.3) is 0 Å². The van der Waals surface area contributed by atoms with E-state index in [1.54, 1.807) is 6.20 Å². The van der Waals surface area contributed by atoms with Crippen molar-refractivity contribution in [3.63, 3.8) is 0 Å². The molecule has 0 aliphatic carbocycles. The van der Waals surface area contributed by atoms with E-state index in [2.05, 4.69) is 28.2 Å². The number of fused-ring (bicyclic) bond motifs is 1. The lowest BCUT2D eigenvalue weighted by molar-refractivity contribution is 0.471. The van der Waals surface area contributed by atoms with Crippen molar-refractivity contribution in [3.8, 4) is 6.07 Å². The Morgan fingerprint density at radius 3 is 3.18 bits per heavy atom. The van der Waals surface area contributed by atoms with E-state index in [9.17, 15) is 0 Å². The molecule has 2 aliphatic rings. The fourth-order valence-corrected chi connectivity index (χ4v) is 3.20. The molecule has 4 nitrogen and oxygen atoms in total. The Labute approximate surface area is 101 Å². The monoisotopic (exact) mass is 228 g/mol. The highest BCUT2D eigenvalue weighted by Crippen LogP contribution is 2.36. The van der Waals surface area contributed by atoms with Crippen molar-refractivity contribution in [2.75, 3.05) is 24.5 Å². The summed E-state index contributed by atoms with van der Waals surface area (Å²) in [6.45, 7) is 5.50. The van der Waals surface area contributed by atoms with Crippen molar-refractivity contribution in [1.29, 1.82) is 5.26 Å². The molecule has 3 unspecified atom stereocenters. The van der Waals surface area contributed by atoms with Gasteiger partial charge in [0, 0.05) is 31.9 Å². The van der Waals surface area contributed by atoms with Gasteiger partial charge in [-0.3, -0.25) is 0 Å². The van der Waals surface area contributed by atoms with Gasteiger partial charge < -0.3 is 10.2 Å². The third kappa shape index (κ3) is 1.58. The Morgan fingerprint density at radius 1 is 1.53 bits per heavy atom. The number of anilines is 1. The molecule has 0 amide bonds. The summed E-state index contributed by atoms with van der Waals surface area (Å²) in [4.78, 5) is 6.50. The van der Waals surface area contributed by atoms with E-state index in [-0.39, 0.29) is 0 Å². The molecule has 0 spiro atoms. The third-order valence-corrected chi connectivity index (χ3v) is 4.14. The molecule has 3 heterocycles. The number of aromatic nitrogens is 1. The lowest BCUT2D eigenvalue weighted by Gasteiger charge is -2.26. The van der Waals surface area contributed by atoms with Gasteiger partial charge in [0.05, 0.1) is 5.69 Å². The standard InChI is InChI=1S/C13H16N4/c1-9-11-7-15-6-10(11)8-17(9)13-3-2-4-16-12(13)5-14/h2-4,9-11,15H,6-8H2,1H3. The lowest BCUT2D eigenvalue weighted by atomic mass is 9.95. The highest BCUT2D eigenvalue weighted by atomic mass is 15.2. The molecule has 3 rings (SSSR count). The number of nitriles is 1. The summed E-state index contributed by atoms with van der Waals surface area (Å²) < 4.78 is 0. The molecule has 3 atom stereocenters. The summed E-state index contributed by atoms with van der Waals surface area (Å²) in [5.74, 6) is 1.43. The van der Waals surface area contributed by atoms with Gasteiger partial charge in [0.1, 0.15) is 6.07 Å². The second-order valence-corrected chi connectivity index (χ2v) is 4.96. The third-order valence-electron chi connectivity index (χ3n) is 4.14. The van der Waals surface area contributed by atoms with Gasteiger partial charge in [-0.1, -0.05) is 0 Å². The molecule has 0 aromatic carbocycles. The zero-order valence-corrected chi connectivity index (χ0v) is 9.93. The second-order valence-electron chi connectivity index (χ2n) is 4.96. The normalized spacial score (nSPS) is 31.3. The van der Waals surface area contributed by atoms with Gasteiger partial charge in [-0.25, -0.2) is 4.98 Å². The second kappa shape index (κ2) is 4.01. The number of pyridine rings is 1.